The van der Waals surface area contributed by atoms with E-state index >= 15 is 0 Å². The highest BCUT2D eigenvalue weighted by Gasteiger charge is 2.46. The Balaban J connectivity index is 1.62. The number of aliphatic hydroxyl groups is 5. The van der Waals surface area contributed by atoms with Gasteiger partial charge in [-0.25, -0.2) is 0 Å². The monoisotopic (exact) mass is 411 g/mol. The minimum absolute atomic E-state index is 0.535. The summed E-state index contributed by atoms with van der Waals surface area (Å²) in [6.07, 6.45) is -4.41. The van der Waals surface area contributed by atoms with E-state index in [0.717, 1.165) is 27.5 Å². The zero-order valence-electron chi connectivity index (χ0n) is 16.5. The number of hydrogen-bond donors (Lipinski definition) is 5. The molecule has 2 aromatic carbocycles. The van der Waals surface area contributed by atoms with Crippen LogP contribution in [0.25, 0.3) is 21.9 Å². The largest absolute Gasteiger partial charge is 0.394 e. The molecular formula is C23H25NO6. The number of pyridine rings is 1. The second-order valence-electron chi connectivity index (χ2n) is 7.75. The molecule has 7 heteroatoms. The van der Waals surface area contributed by atoms with Gasteiger partial charge < -0.3 is 30.3 Å². The lowest BCUT2D eigenvalue weighted by Gasteiger charge is -2.42. The Labute approximate surface area is 173 Å². The summed E-state index contributed by atoms with van der Waals surface area (Å²) in [5.41, 5.74) is 3.31. The summed E-state index contributed by atoms with van der Waals surface area (Å²) >= 11 is 0. The van der Waals surface area contributed by atoms with Gasteiger partial charge in [-0.3, -0.25) is 4.98 Å². The first-order valence-corrected chi connectivity index (χ1v) is 9.84. The number of aromatic nitrogens is 1. The van der Waals surface area contributed by atoms with Crippen molar-refractivity contribution in [1.29, 1.82) is 0 Å². The van der Waals surface area contributed by atoms with Gasteiger partial charge in [0.2, 0.25) is 0 Å². The van der Waals surface area contributed by atoms with Crippen molar-refractivity contribution in [3.63, 3.8) is 0 Å². The predicted octanol–water partition coefficient (Wildman–Crippen LogP) is 1.09. The number of nitrogens with zero attached hydrogens (tertiary/aromatic N) is 1. The molecule has 0 bridgehead atoms. The predicted molar refractivity (Wildman–Crippen MR) is 111 cm³/mol. The number of hydrogen-bond acceptors (Lipinski definition) is 7. The molecule has 2 heterocycles. The van der Waals surface area contributed by atoms with E-state index < -0.39 is 43.2 Å². The van der Waals surface area contributed by atoms with Gasteiger partial charge >= 0.3 is 0 Å². The standard InChI is InChI=1S/C23H25NO6/c1-12-8-13(14-2-3-16-10-24-7-6-15(16)9-14)4-5-17(12)19(26)23-22(29)21(28)20(27)18(11-25)30-23/h2-10,18-23,25-29H,11H2,1H3/t18-,19-,20-,21+,22+,23-/m1/s1. The van der Waals surface area contributed by atoms with Gasteiger partial charge in [-0.05, 0) is 46.7 Å². The lowest BCUT2D eigenvalue weighted by Crippen LogP contribution is -2.59. The third-order valence-electron chi connectivity index (χ3n) is 5.80. The molecule has 158 valence electrons. The third kappa shape index (κ3) is 3.72. The van der Waals surface area contributed by atoms with Gasteiger partial charge in [0, 0.05) is 17.8 Å². The first kappa shape index (κ1) is 20.9. The molecule has 4 rings (SSSR count). The minimum Gasteiger partial charge on any atom is -0.394 e. The van der Waals surface area contributed by atoms with Gasteiger partial charge in [0.25, 0.3) is 0 Å². The number of aryl methyl sites for hydroxylation is 1. The Bertz CT molecular complexity index is 1040. The molecule has 0 amide bonds. The Morgan fingerprint density at radius 1 is 0.933 bits per heavy atom. The van der Waals surface area contributed by atoms with Crippen molar-refractivity contribution in [3.8, 4) is 11.1 Å². The van der Waals surface area contributed by atoms with Crippen LogP contribution < -0.4 is 0 Å². The van der Waals surface area contributed by atoms with Gasteiger partial charge in [0.15, 0.2) is 0 Å². The second-order valence-corrected chi connectivity index (χ2v) is 7.75. The number of aliphatic hydroxyl groups excluding tert-OH is 5. The maximum atomic E-state index is 10.9. The zero-order valence-corrected chi connectivity index (χ0v) is 16.5. The van der Waals surface area contributed by atoms with Crippen molar-refractivity contribution < 1.29 is 30.3 Å². The van der Waals surface area contributed by atoms with Crippen molar-refractivity contribution in [2.45, 2.75) is 43.5 Å². The van der Waals surface area contributed by atoms with Crippen LogP contribution in [-0.2, 0) is 4.74 Å². The molecule has 0 aliphatic carbocycles. The van der Waals surface area contributed by atoms with Crippen LogP contribution in [0.15, 0.2) is 54.9 Å². The molecule has 7 nitrogen and oxygen atoms in total. The topological polar surface area (TPSA) is 123 Å². The Hall–Kier alpha value is -2.39. The fourth-order valence-electron chi connectivity index (χ4n) is 4.02. The van der Waals surface area contributed by atoms with E-state index in [-0.39, 0.29) is 0 Å². The van der Waals surface area contributed by atoms with E-state index in [0.29, 0.717) is 5.56 Å². The van der Waals surface area contributed by atoms with Crippen LogP contribution in [0.3, 0.4) is 0 Å². The van der Waals surface area contributed by atoms with E-state index in [2.05, 4.69) is 11.1 Å². The van der Waals surface area contributed by atoms with Crippen LogP contribution >= 0.6 is 0 Å². The molecule has 30 heavy (non-hydrogen) atoms. The molecule has 1 aliphatic heterocycles. The molecule has 3 aromatic rings. The smallest absolute Gasteiger partial charge is 0.117 e. The summed E-state index contributed by atoms with van der Waals surface area (Å²) in [5.74, 6) is 0. The lowest BCUT2D eigenvalue weighted by molar-refractivity contribution is -0.250. The Morgan fingerprint density at radius 2 is 1.67 bits per heavy atom. The van der Waals surface area contributed by atoms with Crippen molar-refractivity contribution in [2.75, 3.05) is 6.61 Å². The van der Waals surface area contributed by atoms with Crippen LogP contribution in [0.1, 0.15) is 17.2 Å². The van der Waals surface area contributed by atoms with E-state index in [9.17, 15) is 25.5 Å². The lowest BCUT2D eigenvalue weighted by atomic mass is 9.87. The number of rotatable bonds is 4. The van der Waals surface area contributed by atoms with Crippen LogP contribution in [0.4, 0.5) is 0 Å². The first-order valence-electron chi connectivity index (χ1n) is 9.84. The number of benzene rings is 2. The minimum atomic E-state index is -1.53. The average molecular weight is 411 g/mol. The highest BCUT2D eigenvalue weighted by atomic mass is 16.6. The molecule has 1 aromatic heterocycles. The molecule has 1 fully saturated rings. The molecule has 0 radical (unpaired) electrons. The SMILES string of the molecule is Cc1cc(-c2ccc3cnccc3c2)ccc1[C@@H](O)[C@H]1O[C@H](CO)[C@@H](O)[C@H](O)[C@@H]1O. The Kier molecular flexibility index (Phi) is 5.84. The second kappa shape index (κ2) is 8.39. The molecule has 0 unspecified atom stereocenters. The summed E-state index contributed by atoms with van der Waals surface area (Å²) in [6, 6.07) is 13.6. The summed E-state index contributed by atoms with van der Waals surface area (Å²) in [4.78, 5) is 4.12. The summed E-state index contributed by atoms with van der Waals surface area (Å²) in [6.45, 7) is 1.31. The Morgan fingerprint density at radius 3 is 2.40 bits per heavy atom. The van der Waals surface area contributed by atoms with E-state index in [1.54, 1.807) is 12.3 Å². The molecule has 0 spiro atoms. The van der Waals surface area contributed by atoms with Crippen LogP contribution in [0.5, 0.6) is 0 Å². The number of ether oxygens (including phenoxy) is 1. The molecule has 5 N–H and O–H groups in total. The van der Waals surface area contributed by atoms with Gasteiger partial charge in [-0.15, -0.1) is 0 Å². The van der Waals surface area contributed by atoms with Gasteiger partial charge in [-0.2, -0.15) is 0 Å². The normalized spacial score (nSPS) is 27.9. The van der Waals surface area contributed by atoms with Gasteiger partial charge in [0.1, 0.15) is 36.6 Å². The van der Waals surface area contributed by atoms with Crippen LogP contribution in [0.2, 0.25) is 0 Å². The van der Waals surface area contributed by atoms with Crippen LogP contribution in [-0.4, -0.2) is 67.6 Å². The number of fused-ring (bicyclic) bond motifs is 1. The van der Waals surface area contributed by atoms with E-state index in [1.807, 2.05) is 43.5 Å². The average Bonchev–Trinajstić information content (AvgIpc) is 2.77. The quantitative estimate of drug-likeness (QED) is 0.435. The maximum absolute atomic E-state index is 10.9. The fraction of sp³-hybridized carbons (Fsp3) is 0.348. The molecule has 1 saturated heterocycles. The fourth-order valence-corrected chi connectivity index (χ4v) is 4.02. The summed E-state index contributed by atoms with van der Waals surface area (Å²) < 4.78 is 5.50. The third-order valence-corrected chi connectivity index (χ3v) is 5.80. The van der Waals surface area contributed by atoms with Crippen molar-refractivity contribution in [3.05, 3.63) is 66.0 Å². The van der Waals surface area contributed by atoms with Crippen molar-refractivity contribution in [1.82, 2.24) is 4.98 Å². The highest BCUT2D eigenvalue weighted by Crippen LogP contribution is 2.33. The molecule has 6 atom stereocenters. The van der Waals surface area contributed by atoms with Gasteiger partial charge in [0.05, 0.1) is 6.61 Å². The van der Waals surface area contributed by atoms with Crippen molar-refractivity contribution in [2.24, 2.45) is 0 Å². The van der Waals surface area contributed by atoms with E-state index in [4.69, 9.17) is 4.74 Å². The highest BCUT2D eigenvalue weighted by molar-refractivity contribution is 5.86. The zero-order chi connectivity index (χ0) is 21.4. The van der Waals surface area contributed by atoms with E-state index in [1.165, 1.54) is 0 Å². The van der Waals surface area contributed by atoms with Crippen molar-refractivity contribution >= 4 is 10.8 Å². The van der Waals surface area contributed by atoms with Crippen LogP contribution in [0, 0.1) is 6.92 Å². The molecule has 1 aliphatic rings. The first-order chi connectivity index (χ1) is 14.4. The summed E-state index contributed by atoms with van der Waals surface area (Å²) in [5, 5.41) is 52.6. The summed E-state index contributed by atoms with van der Waals surface area (Å²) in [7, 11) is 0. The molecular weight excluding hydrogens is 386 g/mol. The van der Waals surface area contributed by atoms with Gasteiger partial charge in [-0.1, -0.05) is 30.3 Å². The molecule has 0 saturated carbocycles. The maximum Gasteiger partial charge on any atom is 0.117 e.